The summed E-state index contributed by atoms with van der Waals surface area (Å²) in [6.07, 6.45) is 7.30. The molecule has 0 radical (unpaired) electrons. The Morgan fingerprint density at radius 3 is 2.72 bits per heavy atom. The second kappa shape index (κ2) is 10.1. The van der Waals surface area contributed by atoms with Gasteiger partial charge in [-0.2, -0.15) is 0 Å². The molecule has 0 atom stereocenters. The summed E-state index contributed by atoms with van der Waals surface area (Å²) in [5, 5.41) is 3.30. The number of guanidine groups is 1. The molecule has 0 bridgehead atoms. The minimum atomic E-state index is 0.528. The van der Waals surface area contributed by atoms with Crippen LogP contribution in [0.3, 0.4) is 0 Å². The molecule has 5 nitrogen and oxygen atoms in total. The van der Waals surface area contributed by atoms with Crippen LogP contribution in [-0.4, -0.2) is 45.5 Å². The second-order valence-corrected chi connectivity index (χ2v) is 4.70. The van der Waals surface area contributed by atoms with Crippen molar-refractivity contribution >= 4 is 5.96 Å². The number of nitrogens with zero attached hydrogens (tertiary/aromatic N) is 1. The van der Waals surface area contributed by atoms with Crippen molar-refractivity contribution in [1.82, 2.24) is 5.32 Å². The van der Waals surface area contributed by atoms with Gasteiger partial charge in [-0.1, -0.05) is 19.3 Å². The number of hydrogen-bond acceptors (Lipinski definition) is 3. The molecule has 18 heavy (non-hydrogen) atoms. The zero-order valence-electron chi connectivity index (χ0n) is 11.5. The van der Waals surface area contributed by atoms with Crippen LogP contribution in [0.5, 0.6) is 0 Å². The molecule has 0 aromatic heterocycles. The molecule has 0 saturated heterocycles. The molecule has 3 N–H and O–H groups in total. The Labute approximate surface area is 110 Å². The highest BCUT2D eigenvalue weighted by atomic mass is 16.5. The summed E-state index contributed by atoms with van der Waals surface area (Å²) in [5.74, 6) is 0.582. The van der Waals surface area contributed by atoms with Crippen molar-refractivity contribution in [2.45, 2.75) is 44.6 Å². The minimum absolute atomic E-state index is 0.528. The first-order chi connectivity index (χ1) is 8.83. The van der Waals surface area contributed by atoms with E-state index < -0.39 is 0 Å². The second-order valence-electron chi connectivity index (χ2n) is 4.70. The molecule has 0 aromatic carbocycles. The lowest BCUT2D eigenvalue weighted by Crippen LogP contribution is -2.41. The van der Waals surface area contributed by atoms with E-state index in [1.807, 2.05) is 0 Å². The highest BCUT2D eigenvalue weighted by Crippen LogP contribution is 2.16. The Hall–Kier alpha value is -0.810. The van der Waals surface area contributed by atoms with Gasteiger partial charge in [0.25, 0.3) is 0 Å². The van der Waals surface area contributed by atoms with E-state index in [0.29, 0.717) is 31.8 Å². The van der Waals surface area contributed by atoms with Crippen LogP contribution in [0, 0.1) is 0 Å². The van der Waals surface area contributed by atoms with Crippen molar-refractivity contribution in [3.63, 3.8) is 0 Å². The zero-order chi connectivity index (χ0) is 13.1. The van der Waals surface area contributed by atoms with E-state index in [1.165, 1.54) is 32.1 Å². The van der Waals surface area contributed by atoms with Gasteiger partial charge in [-0.3, -0.25) is 4.99 Å². The summed E-state index contributed by atoms with van der Waals surface area (Å²) >= 11 is 0. The van der Waals surface area contributed by atoms with Gasteiger partial charge in [0.15, 0.2) is 5.96 Å². The van der Waals surface area contributed by atoms with Gasteiger partial charge in [-0.05, 0) is 19.3 Å². The van der Waals surface area contributed by atoms with Crippen LogP contribution in [0.4, 0.5) is 0 Å². The Bertz CT molecular complexity index is 228. The van der Waals surface area contributed by atoms with Crippen molar-refractivity contribution in [3.05, 3.63) is 0 Å². The molecular formula is C13H27N3O2. The molecule has 1 fully saturated rings. The monoisotopic (exact) mass is 257 g/mol. The number of hydrogen-bond donors (Lipinski definition) is 2. The average Bonchev–Trinajstić information content (AvgIpc) is 2.39. The zero-order valence-corrected chi connectivity index (χ0v) is 11.5. The van der Waals surface area contributed by atoms with Crippen LogP contribution >= 0.6 is 0 Å². The van der Waals surface area contributed by atoms with Gasteiger partial charge in [-0.15, -0.1) is 0 Å². The molecule has 1 saturated carbocycles. The number of methoxy groups -OCH3 is 1. The lowest BCUT2D eigenvalue weighted by Gasteiger charge is -2.23. The Morgan fingerprint density at radius 2 is 2.00 bits per heavy atom. The molecular weight excluding hydrogens is 230 g/mol. The Morgan fingerprint density at radius 1 is 1.22 bits per heavy atom. The van der Waals surface area contributed by atoms with Gasteiger partial charge in [0, 0.05) is 26.3 Å². The van der Waals surface area contributed by atoms with Crippen LogP contribution in [0.15, 0.2) is 4.99 Å². The third kappa shape index (κ3) is 7.50. The maximum absolute atomic E-state index is 5.85. The lowest BCUT2D eigenvalue weighted by molar-refractivity contribution is 0.0702. The Balaban J connectivity index is 1.99. The largest absolute Gasteiger partial charge is 0.382 e. The lowest BCUT2D eigenvalue weighted by atomic mass is 9.96. The van der Waals surface area contributed by atoms with Crippen molar-refractivity contribution in [1.29, 1.82) is 0 Å². The fourth-order valence-corrected chi connectivity index (χ4v) is 2.11. The average molecular weight is 257 g/mol. The van der Waals surface area contributed by atoms with E-state index in [-0.39, 0.29) is 0 Å². The Kier molecular flexibility index (Phi) is 8.59. The summed E-state index contributed by atoms with van der Waals surface area (Å²) in [6.45, 7) is 2.73. The number of nitrogens with two attached hydrogens (primary N) is 1. The molecule has 0 aliphatic heterocycles. The summed E-state index contributed by atoms with van der Waals surface area (Å²) in [5.41, 5.74) is 5.85. The molecule has 1 aliphatic carbocycles. The van der Waals surface area contributed by atoms with E-state index >= 15 is 0 Å². The third-order valence-corrected chi connectivity index (χ3v) is 3.12. The summed E-state index contributed by atoms with van der Waals surface area (Å²) in [7, 11) is 1.67. The molecule has 0 amide bonds. The number of rotatable bonds is 8. The summed E-state index contributed by atoms with van der Waals surface area (Å²) in [4.78, 5) is 4.31. The van der Waals surface area contributed by atoms with Crippen molar-refractivity contribution in [2.75, 3.05) is 33.5 Å². The summed E-state index contributed by atoms with van der Waals surface area (Å²) < 4.78 is 10.2. The molecule has 0 unspecified atom stereocenters. The highest BCUT2D eigenvalue weighted by molar-refractivity contribution is 5.78. The first-order valence-electron chi connectivity index (χ1n) is 6.96. The van der Waals surface area contributed by atoms with E-state index in [2.05, 4.69) is 10.3 Å². The van der Waals surface area contributed by atoms with Crippen LogP contribution < -0.4 is 11.1 Å². The van der Waals surface area contributed by atoms with Gasteiger partial charge in [0.2, 0.25) is 0 Å². The maximum Gasteiger partial charge on any atom is 0.188 e. The van der Waals surface area contributed by atoms with Crippen molar-refractivity contribution in [2.24, 2.45) is 10.7 Å². The molecule has 0 heterocycles. The quantitative estimate of drug-likeness (QED) is 0.390. The number of ether oxygens (including phenoxy) is 2. The first-order valence-corrected chi connectivity index (χ1v) is 6.96. The fourth-order valence-electron chi connectivity index (χ4n) is 2.11. The van der Waals surface area contributed by atoms with Crippen LogP contribution in [0.25, 0.3) is 0 Å². The molecule has 1 aliphatic rings. The molecule has 106 valence electrons. The first kappa shape index (κ1) is 15.2. The molecule has 0 spiro atoms. The van der Waals surface area contributed by atoms with Gasteiger partial charge >= 0.3 is 0 Å². The van der Waals surface area contributed by atoms with Crippen LogP contribution in [-0.2, 0) is 9.47 Å². The van der Waals surface area contributed by atoms with Gasteiger partial charge in [0.1, 0.15) is 0 Å². The van der Waals surface area contributed by atoms with E-state index in [9.17, 15) is 0 Å². The number of nitrogens with one attached hydrogen (secondary N) is 1. The molecule has 0 aromatic rings. The molecule has 5 heteroatoms. The van der Waals surface area contributed by atoms with Gasteiger partial charge in [0.05, 0.1) is 13.2 Å². The third-order valence-electron chi connectivity index (χ3n) is 3.12. The van der Waals surface area contributed by atoms with E-state index in [1.54, 1.807) is 7.11 Å². The van der Waals surface area contributed by atoms with Crippen LogP contribution in [0.2, 0.25) is 0 Å². The summed E-state index contributed by atoms with van der Waals surface area (Å²) in [6, 6.07) is 0.528. The smallest absolute Gasteiger partial charge is 0.188 e. The van der Waals surface area contributed by atoms with Crippen molar-refractivity contribution in [3.8, 4) is 0 Å². The minimum Gasteiger partial charge on any atom is -0.382 e. The van der Waals surface area contributed by atoms with E-state index in [4.69, 9.17) is 15.2 Å². The maximum atomic E-state index is 5.85. The topological polar surface area (TPSA) is 68.9 Å². The van der Waals surface area contributed by atoms with Crippen molar-refractivity contribution < 1.29 is 9.47 Å². The normalized spacial score (nSPS) is 17.9. The van der Waals surface area contributed by atoms with Gasteiger partial charge in [-0.25, -0.2) is 0 Å². The van der Waals surface area contributed by atoms with Gasteiger partial charge < -0.3 is 20.5 Å². The fraction of sp³-hybridized carbons (Fsp3) is 0.923. The highest BCUT2D eigenvalue weighted by Gasteiger charge is 2.12. The standard InChI is InChI=1S/C13H27N3O2/c1-17-10-11-18-9-5-8-15-13(14)16-12-6-3-2-4-7-12/h12H,2-11H2,1H3,(H3,14,15,16). The van der Waals surface area contributed by atoms with E-state index in [0.717, 1.165) is 13.0 Å². The predicted molar refractivity (Wildman–Crippen MR) is 73.8 cm³/mol. The molecule has 1 rings (SSSR count). The number of aliphatic imine (C=N–C) groups is 1. The predicted octanol–water partition coefficient (Wildman–Crippen LogP) is 1.28. The SMILES string of the molecule is COCCOCCCN=C(N)NC1CCCCC1. The van der Waals surface area contributed by atoms with Crippen LogP contribution in [0.1, 0.15) is 38.5 Å².